The maximum atomic E-state index is 12.9. The predicted molar refractivity (Wildman–Crippen MR) is 236 cm³/mol. The van der Waals surface area contributed by atoms with Gasteiger partial charge in [-0.1, -0.05) is 169 Å². The maximum absolute atomic E-state index is 12.9. The molecule has 0 aliphatic carbocycles. The Balaban J connectivity index is 4.70. The molecule has 0 aliphatic heterocycles. The van der Waals surface area contributed by atoms with Crippen LogP contribution in [0.2, 0.25) is 0 Å². The molecule has 7 nitrogen and oxygen atoms in total. The SMILES string of the molecule is CCCCCCCCCCCCC(CCCCCCCCCC)COC(=O)CCCCC(CCCCCC)OC(=O)OCCN(CCN(CC)CC)C(C)C. The molecule has 328 valence electrons. The van der Waals surface area contributed by atoms with Crippen LogP contribution in [0.4, 0.5) is 4.79 Å². The second-order valence-corrected chi connectivity index (χ2v) is 16.9. The number of ether oxygens (including phenoxy) is 3. The molecule has 0 aromatic carbocycles. The van der Waals surface area contributed by atoms with Crippen LogP contribution in [0.1, 0.15) is 235 Å². The molecule has 7 heteroatoms. The molecule has 0 aromatic heterocycles. The van der Waals surface area contributed by atoms with Gasteiger partial charge < -0.3 is 19.1 Å². The fourth-order valence-corrected chi connectivity index (χ4v) is 7.64. The fourth-order valence-electron chi connectivity index (χ4n) is 7.64. The third kappa shape index (κ3) is 35.5. The van der Waals surface area contributed by atoms with Crippen LogP contribution in [0.25, 0.3) is 0 Å². The van der Waals surface area contributed by atoms with Gasteiger partial charge in [-0.2, -0.15) is 0 Å². The number of carbonyl (C=O) groups is 2. The molecule has 2 atom stereocenters. The molecule has 0 amide bonds. The molecule has 0 bridgehead atoms. The van der Waals surface area contributed by atoms with E-state index in [1.54, 1.807) is 0 Å². The van der Waals surface area contributed by atoms with Crippen LogP contribution < -0.4 is 0 Å². The Labute approximate surface area is 343 Å². The van der Waals surface area contributed by atoms with Crippen LogP contribution in [0.15, 0.2) is 0 Å². The summed E-state index contributed by atoms with van der Waals surface area (Å²) in [7, 11) is 0. The van der Waals surface area contributed by atoms with Crippen LogP contribution in [0.5, 0.6) is 0 Å². The first-order valence-electron chi connectivity index (χ1n) is 24.3. The molecule has 0 fully saturated rings. The summed E-state index contributed by atoms with van der Waals surface area (Å²) in [6, 6.07) is 0.388. The fraction of sp³-hybridized carbons (Fsp3) is 0.958. The Morgan fingerprint density at radius 1 is 0.491 bits per heavy atom. The zero-order chi connectivity index (χ0) is 40.6. The van der Waals surface area contributed by atoms with Gasteiger partial charge in [-0.25, -0.2) is 4.79 Å². The predicted octanol–water partition coefficient (Wildman–Crippen LogP) is 14.1. The van der Waals surface area contributed by atoms with Crippen molar-refractivity contribution in [2.75, 3.05) is 45.9 Å². The van der Waals surface area contributed by atoms with Crippen LogP contribution in [0, 0.1) is 5.92 Å². The second-order valence-electron chi connectivity index (χ2n) is 16.9. The number of hydrogen-bond acceptors (Lipinski definition) is 7. The van der Waals surface area contributed by atoms with E-state index < -0.39 is 6.16 Å². The summed E-state index contributed by atoms with van der Waals surface area (Å²) in [6.45, 7) is 21.2. The average Bonchev–Trinajstić information content (AvgIpc) is 3.17. The summed E-state index contributed by atoms with van der Waals surface area (Å²) in [6.07, 6.45) is 34.1. The van der Waals surface area contributed by atoms with Gasteiger partial charge in [0, 0.05) is 32.1 Å². The monoisotopic (exact) mass is 781 g/mol. The summed E-state index contributed by atoms with van der Waals surface area (Å²) in [5.74, 6) is 0.416. The first-order chi connectivity index (χ1) is 26.8. The quantitative estimate of drug-likeness (QED) is 0.0451. The van der Waals surface area contributed by atoms with Crippen molar-refractivity contribution >= 4 is 12.1 Å². The van der Waals surface area contributed by atoms with Crippen LogP contribution in [-0.2, 0) is 19.0 Å². The number of hydrogen-bond donors (Lipinski definition) is 0. The van der Waals surface area contributed by atoms with Gasteiger partial charge in [-0.15, -0.1) is 0 Å². The highest BCUT2D eigenvalue weighted by molar-refractivity contribution is 5.69. The third-order valence-corrected chi connectivity index (χ3v) is 11.6. The van der Waals surface area contributed by atoms with Gasteiger partial charge in [0.2, 0.25) is 0 Å². The maximum Gasteiger partial charge on any atom is 0.508 e. The minimum atomic E-state index is -0.558. The van der Waals surface area contributed by atoms with Gasteiger partial charge >= 0.3 is 12.1 Å². The highest BCUT2D eigenvalue weighted by atomic mass is 16.7. The molecule has 55 heavy (non-hydrogen) atoms. The number of esters is 1. The molecule has 0 saturated heterocycles. The van der Waals surface area contributed by atoms with Gasteiger partial charge in [0.25, 0.3) is 0 Å². The summed E-state index contributed by atoms with van der Waals surface area (Å²) < 4.78 is 17.3. The van der Waals surface area contributed by atoms with Crippen molar-refractivity contribution in [2.24, 2.45) is 5.92 Å². The minimum absolute atomic E-state index is 0.0699. The number of carbonyl (C=O) groups excluding carboxylic acids is 2. The van der Waals surface area contributed by atoms with E-state index >= 15 is 0 Å². The van der Waals surface area contributed by atoms with Crippen molar-refractivity contribution < 1.29 is 23.8 Å². The van der Waals surface area contributed by atoms with Gasteiger partial charge in [-0.05, 0) is 77.8 Å². The molecular formula is C48H96N2O5. The van der Waals surface area contributed by atoms with Crippen LogP contribution in [0.3, 0.4) is 0 Å². The second kappa shape index (κ2) is 40.8. The summed E-state index contributed by atoms with van der Waals surface area (Å²) in [5, 5.41) is 0. The Bertz CT molecular complexity index is 820. The van der Waals surface area contributed by atoms with E-state index in [-0.39, 0.29) is 12.1 Å². The van der Waals surface area contributed by atoms with Crippen molar-refractivity contribution in [3.8, 4) is 0 Å². The molecule has 0 spiro atoms. The molecule has 0 heterocycles. The molecule has 0 radical (unpaired) electrons. The highest BCUT2D eigenvalue weighted by Gasteiger charge is 2.18. The minimum Gasteiger partial charge on any atom is -0.465 e. The van der Waals surface area contributed by atoms with E-state index in [0.717, 1.165) is 64.7 Å². The lowest BCUT2D eigenvalue weighted by Gasteiger charge is -2.29. The summed E-state index contributed by atoms with van der Waals surface area (Å²) in [5.41, 5.74) is 0. The first-order valence-corrected chi connectivity index (χ1v) is 24.3. The van der Waals surface area contributed by atoms with E-state index in [2.05, 4.69) is 58.3 Å². The zero-order valence-electron chi connectivity index (χ0n) is 38.1. The van der Waals surface area contributed by atoms with E-state index in [0.29, 0.717) is 38.1 Å². The average molecular weight is 781 g/mol. The number of unbranched alkanes of at least 4 members (excludes halogenated alkanes) is 20. The van der Waals surface area contributed by atoms with Crippen molar-refractivity contribution in [3.63, 3.8) is 0 Å². The lowest BCUT2D eigenvalue weighted by Crippen LogP contribution is -2.40. The molecule has 0 aliphatic rings. The molecule has 0 N–H and O–H groups in total. The normalized spacial score (nSPS) is 12.8. The van der Waals surface area contributed by atoms with Gasteiger partial charge in [-0.3, -0.25) is 9.69 Å². The number of nitrogens with zero attached hydrogens (tertiary/aromatic N) is 2. The molecule has 0 rings (SSSR count). The Morgan fingerprint density at radius 2 is 0.927 bits per heavy atom. The highest BCUT2D eigenvalue weighted by Crippen LogP contribution is 2.21. The summed E-state index contributed by atoms with van der Waals surface area (Å²) >= 11 is 0. The van der Waals surface area contributed by atoms with E-state index in [1.807, 2.05) is 0 Å². The van der Waals surface area contributed by atoms with Crippen LogP contribution >= 0.6 is 0 Å². The van der Waals surface area contributed by atoms with Crippen molar-refractivity contribution in [1.29, 1.82) is 0 Å². The Hall–Kier alpha value is -1.34. The topological polar surface area (TPSA) is 68.3 Å². The van der Waals surface area contributed by atoms with Crippen molar-refractivity contribution in [3.05, 3.63) is 0 Å². The van der Waals surface area contributed by atoms with E-state index in [9.17, 15) is 9.59 Å². The molecule has 2 unspecified atom stereocenters. The van der Waals surface area contributed by atoms with Crippen molar-refractivity contribution in [1.82, 2.24) is 9.80 Å². The third-order valence-electron chi connectivity index (χ3n) is 11.6. The number of rotatable bonds is 42. The lowest BCUT2D eigenvalue weighted by atomic mass is 9.94. The van der Waals surface area contributed by atoms with Gasteiger partial charge in [0.05, 0.1) is 6.61 Å². The van der Waals surface area contributed by atoms with Gasteiger partial charge in [0.15, 0.2) is 0 Å². The van der Waals surface area contributed by atoms with E-state index in [4.69, 9.17) is 14.2 Å². The molecule has 0 aromatic rings. The largest absolute Gasteiger partial charge is 0.508 e. The Morgan fingerprint density at radius 3 is 1.40 bits per heavy atom. The van der Waals surface area contributed by atoms with Crippen LogP contribution in [-0.4, -0.2) is 80.0 Å². The molecular weight excluding hydrogens is 685 g/mol. The lowest BCUT2D eigenvalue weighted by molar-refractivity contribution is -0.145. The first kappa shape index (κ1) is 53.7. The standard InChI is InChI=1S/C48H96N2O5/c1-8-13-16-19-21-23-24-26-28-30-35-45(34-29-27-25-22-20-17-14-9-2)43-54-47(51)38-33-32-37-46(36-31-18-15-10-3)55-48(52)53-42-41-50(44(6)7)40-39-49(11-4)12-5/h44-46H,8-43H2,1-7H3. The van der Waals surface area contributed by atoms with E-state index in [1.165, 1.54) is 141 Å². The molecule has 0 saturated carbocycles. The zero-order valence-corrected chi connectivity index (χ0v) is 38.1. The van der Waals surface area contributed by atoms with Gasteiger partial charge in [0.1, 0.15) is 12.7 Å². The number of likely N-dealkylation sites (N-methyl/N-ethyl adjacent to an activating group) is 1. The van der Waals surface area contributed by atoms with Crippen molar-refractivity contribution in [2.45, 2.75) is 247 Å². The Kier molecular flexibility index (Phi) is 39.8. The smallest absolute Gasteiger partial charge is 0.465 e. The summed E-state index contributed by atoms with van der Waals surface area (Å²) in [4.78, 5) is 30.4.